The van der Waals surface area contributed by atoms with Gasteiger partial charge in [0.05, 0.1) is 4.92 Å². The molecular weight excluding hydrogens is 182 g/mol. The Balaban J connectivity index is 2.79. The van der Waals surface area contributed by atoms with Gasteiger partial charge < -0.3 is 0 Å². The molecule has 1 aromatic carbocycles. The van der Waals surface area contributed by atoms with Gasteiger partial charge in [0.15, 0.2) is 0 Å². The number of hydrogen-bond donors (Lipinski definition) is 1. The summed E-state index contributed by atoms with van der Waals surface area (Å²) in [6.45, 7) is 0.462. The fraction of sp³-hybridized carbons (Fsp3) is 0.333. The SMILES string of the molecule is CN(C)NCc1ccccc1[N+](=O)[O-]. The Hall–Kier alpha value is -1.46. The van der Waals surface area contributed by atoms with E-state index in [4.69, 9.17) is 0 Å². The highest BCUT2D eigenvalue weighted by molar-refractivity contribution is 5.39. The highest BCUT2D eigenvalue weighted by Crippen LogP contribution is 2.16. The van der Waals surface area contributed by atoms with Gasteiger partial charge in [-0.2, -0.15) is 0 Å². The predicted molar refractivity (Wildman–Crippen MR) is 53.6 cm³/mol. The lowest BCUT2D eigenvalue weighted by Crippen LogP contribution is -2.29. The maximum atomic E-state index is 10.6. The Morgan fingerprint density at radius 3 is 2.64 bits per heavy atom. The first-order valence-corrected chi connectivity index (χ1v) is 4.24. The normalized spacial score (nSPS) is 10.5. The van der Waals surface area contributed by atoms with E-state index in [2.05, 4.69) is 5.43 Å². The summed E-state index contributed by atoms with van der Waals surface area (Å²) in [6, 6.07) is 6.71. The summed E-state index contributed by atoms with van der Waals surface area (Å²) in [5.41, 5.74) is 3.83. The molecule has 76 valence electrons. The monoisotopic (exact) mass is 195 g/mol. The van der Waals surface area contributed by atoms with Crippen molar-refractivity contribution in [3.63, 3.8) is 0 Å². The summed E-state index contributed by atoms with van der Waals surface area (Å²) in [6.07, 6.45) is 0. The largest absolute Gasteiger partial charge is 0.273 e. The molecule has 0 aliphatic heterocycles. The molecule has 0 bridgehead atoms. The molecule has 5 heteroatoms. The Kier molecular flexibility index (Phi) is 3.55. The number of nitro benzene ring substituents is 1. The molecule has 0 saturated carbocycles. The summed E-state index contributed by atoms with van der Waals surface area (Å²) in [4.78, 5) is 10.3. The third-order valence-electron chi connectivity index (χ3n) is 1.77. The Labute approximate surface area is 82.5 Å². The van der Waals surface area contributed by atoms with Crippen LogP contribution in [0.5, 0.6) is 0 Å². The molecule has 1 aromatic rings. The summed E-state index contributed by atoms with van der Waals surface area (Å²) in [5.74, 6) is 0. The van der Waals surface area contributed by atoms with E-state index < -0.39 is 0 Å². The van der Waals surface area contributed by atoms with E-state index in [9.17, 15) is 10.1 Å². The van der Waals surface area contributed by atoms with Gasteiger partial charge in [0.2, 0.25) is 0 Å². The molecule has 14 heavy (non-hydrogen) atoms. The third kappa shape index (κ3) is 2.79. The highest BCUT2D eigenvalue weighted by Gasteiger charge is 2.11. The standard InChI is InChI=1S/C9H13N3O2/c1-11(2)10-7-8-5-3-4-6-9(8)12(13)14/h3-6,10H,7H2,1-2H3. The van der Waals surface area contributed by atoms with Crippen LogP contribution in [0.2, 0.25) is 0 Å². The van der Waals surface area contributed by atoms with Gasteiger partial charge in [-0.3, -0.25) is 20.5 Å². The van der Waals surface area contributed by atoms with E-state index in [0.29, 0.717) is 12.1 Å². The third-order valence-corrected chi connectivity index (χ3v) is 1.77. The van der Waals surface area contributed by atoms with Gasteiger partial charge in [-0.25, -0.2) is 0 Å². The number of hydrazine groups is 1. The minimum Gasteiger partial charge on any atom is -0.258 e. The smallest absolute Gasteiger partial charge is 0.258 e. The second-order valence-electron chi connectivity index (χ2n) is 3.12. The van der Waals surface area contributed by atoms with E-state index in [1.165, 1.54) is 6.07 Å². The van der Waals surface area contributed by atoms with Gasteiger partial charge in [-0.1, -0.05) is 18.2 Å². The molecule has 1 N–H and O–H groups in total. The van der Waals surface area contributed by atoms with Crippen LogP contribution in [-0.2, 0) is 6.54 Å². The van der Waals surface area contributed by atoms with Crippen LogP contribution >= 0.6 is 0 Å². The van der Waals surface area contributed by atoms with E-state index in [1.807, 2.05) is 14.1 Å². The first kappa shape index (κ1) is 10.6. The molecule has 0 fully saturated rings. The second-order valence-corrected chi connectivity index (χ2v) is 3.12. The highest BCUT2D eigenvalue weighted by atomic mass is 16.6. The molecule has 0 radical (unpaired) electrons. The fourth-order valence-corrected chi connectivity index (χ4v) is 1.08. The summed E-state index contributed by atoms with van der Waals surface area (Å²) >= 11 is 0. The van der Waals surface area contributed by atoms with Gasteiger partial charge >= 0.3 is 0 Å². The Morgan fingerprint density at radius 2 is 2.07 bits per heavy atom. The maximum Gasteiger partial charge on any atom is 0.273 e. The number of nitrogens with one attached hydrogen (secondary N) is 1. The van der Waals surface area contributed by atoms with Crippen molar-refractivity contribution < 1.29 is 4.92 Å². The first-order valence-electron chi connectivity index (χ1n) is 4.24. The van der Waals surface area contributed by atoms with Gasteiger partial charge in [0.25, 0.3) is 5.69 Å². The minimum absolute atomic E-state index is 0.154. The van der Waals surface area contributed by atoms with Crippen LogP contribution in [0.25, 0.3) is 0 Å². The molecule has 0 aliphatic carbocycles. The van der Waals surface area contributed by atoms with Crippen molar-refractivity contribution in [2.24, 2.45) is 0 Å². The summed E-state index contributed by atoms with van der Waals surface area (Å²) in [7, 11) is 3.68. The maximum absolute atomic E-state index is 10.6. The molecule has 5 nitrogen and oxygen atoms in total. The molecule has 0 atom stereocenters. The minimum atomic E-state index is -0.368. The molecule has 0 amide bonds. The second kappa shape index (κ2) is 4.69. The summed E-state index contributed by atoms with van der Waals surface area (Å²) < 4.78 is 0. The average molecular weight is 195 g/mol. The number of nitro groups is 1. The lowest BCUT2D eigenvalue weighted by Gasteiger charge is -2.11. The zero-order valence-electron chi connectivity index (χ0n) is 8.23. The van der Waals surface area contributed by atoms with E-state index in [-0.39, 0.29) is 10.6 Å². The molecular formula is C9H13N3O2. The quantitative estimate of drug-likeness (QED) is 0.578. The van der Waals surface area contributed by atoms with Crippen LogP contribution in [0.4, 0.5) is 5.69 Å². The number of para-hydroxylation sites is 1. The van der Waals surface area contributed by atoms with Crippen molar-refractivity contribution in [3.8, 4) is 0 Å². The van der Waals surface area contributed by atoms with Crippen molar-refractivity contribution >= 4 is 5.69 Å². The Morgan fingerprint density at radius 1 is 1.43 bits per heavy atom. The van der Waals surface area contributed by atoms with Crippen molar-refractivity contribution in [2.75, 3.05) is 14.1 Å². The van der Waals surface area contributed by atoms with Crippen molar-refractivity contribution in [3.05, 3.63) is 39.9 Å². The number of rotatable bonds is 4. The summed E-state index contributed by atoms with van der Waals surface area (Å²) in [5, 5.41) is 12.4. The van der Waals surface area contributed by atoms with Crippen molar-refractivity contribution in [2.45, 2.75) is 6.54 Å². The zero-order chi connectivity index (χ0) is 10.6. The fourth-order valence-electron chi connectivity index (χ4n) is 1.08. The van der Waals surface area contributed by atoms with Gasteiger partial charge in [0.1, 0.15) is 0 Å². The number of hydrogen-bond acceptors (Lipinski definition) is 4. The molecule has 0 aromatic heterocycles. The van der Waals surface area contributed by atoms with Crippen LogP contribution < -0.4 is 5.43 Å². The van der Waals surface area contributed by atoms with Crippen LogP contribution in [0.3, 0.4) is 0 Å². The van der Waals surface area contributed by atoms with E-state index >= 15 is 0 Å². The molecule has 0 unspecified atom stereocenters. The van der Waals surface area contributed by atoms with Crippen LogP contribution in [0, 0.1) is 10.1 Å². The average Bonchev–Trinajstić information content (AvgIpc) is 2.15. The molecule has 1 rings (SSSR count). The Bertz CT molecular complexity index is 326. The van der Waals surface area contributed by atoms with Crippen LogP contribution in [0.1, 0.15) is 5.56 Å². The zero-order valence-corrected chi connectivity index (χ0v) is 8.23. The topological polar surface area (TPSA) is 58.4 Å². The number of nitrogens with zero attached hydrogens (tertiary/aromatic N) is 2. The molecule has 0 saturated heterocycles. The van der Waals surface area contributed by atoms with Gasteiger partial charge in [-0.15, -0.1) is 0 Å². The van der Waals surface area contributed by atoms with Crippen molar-refractivity contribution in [1.82, 2.24) is 10.4 Å². The van der Waals surface area contributed by atoms with E-state index in [1.54, 1.807) is 23.2 Å². The first-order chi connectivity index (χ1) is 6.61. The molecule has 0 aliphatic rings. The predicted octanol–water partition coefficient (Wildman–Crippen LogP) is 1.16. The van der Waals surface area contributed by atoms with Crippen molar-refractivity contribution in [1.29, 1.82) is 0 Å². The molecule has 0 spiro atoms. The van der Waals surface area contributed by atoms with Crippen LogP contribution in [0.15, 0.2) is 24.3 Å². The van der Waals surface area contributed by atoms with Gasteiger partial charge in [-0.05, 0) is 0 Å². The number of benzene rings is 1. The van der Waals surface area contributed by atoms with Gasteiger partial charge in [0, 0.05) is 32.3 Å². The lowest BCUT2D eigenvalue weighted by molar-refractivity contribution is -0.385. The lowest BCUT2D eigenvalue weighted by atomic mass is 10.2. The van der Waals surface area contributed by atoms with E-state index in [0.717, 1.165) is 0 Å². The van der Waals surface area contributed by atoms with Crippen LogP contribution in [-0.4, -0.2) is 24.0 Å². The molecule has 0 heterocycles.